The molecule has 0 aliphatic heterocycles. The number of thiophene rings is 1. The van der Waals surface area contributed by atoms with Crippen molar-refractivity contribution in [3.05, 3.63) is 77.2 Å². The van der Waals surface area contributed by atoms with Crippen LogP contribution in [0.1, 0.15) is 30.9 Å². The number of carbonyl (C=O) groups is 1. The Bertz CT molecular complexity index is 1080. The maximum atomic E-state index is 12.3. The number of sulfonamides is 1. The minimum atomic E-state index is -3.58. The van der Waals surface area contributed by atoms with Crippen molar-refractivity contribution in [2.24, 2.45) is 0 Å². The molecule has 1 heterocycles. The van der Waals surface area contributed by atoms with Crippen LogP contribution >= 0.6 is 11.3 Å². The second-order valence-electron chi connectivity index (χ2n) is 7.04. The highest BCUT2D eigenvalue weighted by Crippen LogP contribution is 2.20. The number of ether oxygens (including phenoxy) is 1. The summed E-state index contributed by atoms with van der Waals surface area (Å²) in [5.41, 5.74) is 2.23. The Labute approximate surface area is 187 Å². The average Bonchev–Trinajstić information content (AvgIpc) is 3.30. The van der Waals surface area contributed by atoms with Crippen LogP contribution in [0.5, 0.6) is 5.75 Å². The van der Waals surface area contributed by atoms with Crippen molar-refractivity contribution < 1.29 is 17.9 Å². The minimum absolute atomic E-state index is 0.107. The normalized spacial score (nSPS) is 11.1. The van der Waals surface area contributed by atoms with Gasteiger partial charge in [0.05, 0.1) is 13.0 Å². The van der Waals surface area contributed by atoms with Gasteiger partial charge in [0.1, 0.15) is 9.96 Å². The standard InChI is InChI=1S/C23H26N2O4S2/c1-2-3-13-29-21-7-4-6-19(15-21)17-24-22(26)16-18-9-11-20(12-10-18)25-31(27,28)23-8-5-14-30-23/h4-12,14-15,25H,2-3,13,16-17H2,1H3,(H,24,26). The van der Waals surface area contributed by atoms with Crippen molar-refractivity contribution in [1.29, 1.82) is 0 Å². The fourth-order valence-corrected chi connectivity index (χ4v) is 4.89. The molecule has 0 unspecified atom stereocenters. The number of hydrogen-bond donors (Lipinski definition) is 2. The van der Waals surface area contributed by atoms with E-state index in [0.717, 1.165) is 41.1 Å². The predicted molar refractivity (Wildman–Crippen MR) is 124 cm³/mol. The zero-order valence-corrected chi connectivity index (χ0v) is 19.0. The van der Waals surface area contributed by atoms with Gasteiger partial charge in [0.25, 0.3) is 10.0 Å². The van der Waals surface area contributed by atoms with E-state index in [1.807, 2.05) is 24.3 Å². The fraction of sp³-hybridized carbons (Fsp3) is 0.261. The molecule has 0 spiro atoms. The van der Waals surface area contributed by atoms with Gasteiger partial charge >= 0.3 is 0 Å². The van der Waals surface area contributed by atoms with Crippen molar-refractivity contribution in [1.82, 2.24) is 5.32 Å². The highest BCUT2D eigenvalue weighted by atomic mass is 32.2. The van der Waals surface area contributed by atoms with Crippen molar-refractivity contribution in [2.45, 2.75) is 36.9 Å². The summed E-state index contributed by atoms with van der Waals surface area (Å²) >= 11 is 1.16. The molecule has 0 radical (unpaired) electrons. The molecule has 2 aromatic carbocycles. The molecule has 0 fully saturated rings. The monoisotopic (exact) mass is 458 g/mol. The maximum Gasteiger partial charge on any atom is 0.271 e. The Hall–Kier alpha value is -2.84. The van der Waals surface area contributed by atoms with Gasteiger partial charge in [-0.1, -0.05) is 43.7 Å². The summed E-state index contributed by atoms with van der Waals surface area (Å²) in [6.07, 6.45) is 2.30. The number of benzene rings is 2. The Balaban J connectivity index is 1.49. The molecule has 0 atom stereocenters. The van der Waals surface area contributed by atoms with E-state index < -0.39 is 10.0 Å². The molecular weight excluding hydrogens is 432 g/mol. The molecule has 0 saturated heterocycles. The average molecular weight is 459 g/mol. The highest BCUT2D eigenvalue weighted by molar-refractivity contribution is 7.94. The summed E-state index contributed by atoms with van der Waals surface area (Å²) in [5.74, 6) is 0.699. The van der Waals surface area contributed by atoms with Gasteiger partial charge in [-0.15, -0.1) is 11.3 Å². The lowest BCUT2D eigenvalue weighted by atomic mass is 10.1. The number of anilines is 1. The predicted octanol–water partition coefficient (Wildman–Crippen LogP) is 4.59. The molecule has 3 aromatic rings. The first-order chi connectivity index (χ1) is 15.0. The number of carbonyl (C=O) groups excluding carboxylic acids is 1. The summed E-state index contributed by atoms with van der Waals surface area (Å²) < 4.78 is 33.0. The summed E-state index contributed by atoms with van der Waals surface area (Å²) in [4.78, 5) is 12.3. The molecule has 1 aromatic heterocycles. The number of rotatable bonds is 11. The second-order valence-corrected chi connectivity index (χ2v) is 9.89. The van der Waals surface area contributed by atoms with E-state index in [0.29, 0.717) is 18.8 Å². The molecular formula is C23H26N2O4S2. The lowest BCUT2D eigenvalue weighted by molar-refractivity contribution is -0.120. The molecule has 31 heavy (non-hydrogen) atoms. The first-order valence-electron chi connectivity index (χ1n) is 10.1. The molecule has 3 rings (SSSR count). The number of amides is 1. The van der Waals surface area contributed by atoms with Gasteiger partial charge in [-0.25, -0.2) is 8.42 Å². The van der Waals surface area contributed by atoms with E-state index in [9.17, 15) is 13.2 Å². The van der Waals surface area contributed by atoms with E-state index in [2.05, 4.69) is 17.0 Å². The van der Waals surface area contributed by atoms with Crippen LogP contribution in [0, 0.1) is 0 Å². The van der Waals surface area contributed by atoms with E-state index >= 15 is 0 Å². The maximum absolute atomic E-state index is 12.3. The summed E-state index contributed by atoms with van der Waals surface area (Å²) in [6.45, 7) is 3.22. The van der Waals surface area contributed by atoms with Gasteiger partial charge in [-0.05, 0) is 53.3 Å². The topological polar surface area (TPSA) is 84.5 Å². The van der Waals surface area contributed by atoms with Gasteiger partial charge in [0.2, 0.25) is 5.91 Å². The molecule has 1 amide bonds. The Morgan fingerprint density at radius 2 is 1.84 bits per heavy atom. The molecule has 0 bridgehead atoms. The molecule has 0 aliphatic carbocycles. The van der Waals surface area contributed by atoms with Crippen LogP contribution in [-0.4, -0.2) is 20.9 Å². The lowest BCUT2D eigenvalue weighted by Crippen LogP contribution is -2.24. The van der Waals surface area contributed by atoms with Gasteiger partial charge in [-0.3, -0.25) is 9.52 Å². The summed E-state index contributed by atoms with van der Waals surface area (Å²) in [5, 5.41) is 4.62. The Morgan fingerprint density at radius 1 is 1.03 bits per heavy atom. The van der Waals surface area contributed by atoms with Crippen molar-refractivity contribution in [2.75, 3.05) is 11.3 Å². The molecule has 0 aliphatic rings. The summed E-state index contributed by atoms with van der Waals surface area (Å²) in [7, 11) is -3.58. The quantitative estimate of drug-likeness (QED) is 0.412. The van der Waals surface area contributed by atoms with Gasteiger partial charge < -0.3 is 10.1 Å². The minimum Gasteiger partial charge on any atom is -0.494 e. The third-order valence-electron chi connectivity index (χ3n) is 4.49. The van der Waals surface area contributed by atoms with E-state index in [1.54, 1.807) is 41.8 Å². The number of hydrogen-bond acceptors (Lipinski definition) is 5. The van der Waals surface area contributed by atoms with E-state index in [1.165, 1.54) is 0 Å². The van der Waals surface area contributed by atoms with Gasteiger partial charge in [0, 0.05) is 12.2 Å². The third kappa shape index (κ3) is 7.11. The van der Waals surface area contributed by atoms with Crippen LogP contribution in [-0.2, 0) is 27.8 Å². The molecule has 8 heteroatoms. The zero-order chi connectivity index (χ0) is 22.1. The molecule has 0 saturated carbocycles. The number of nitrogens with one attached hydrogen (secondary N) is 2. The largest absolute Gasteiger partial charge is 0.494 e. The molecule has 164 valence electrons. The zero-order valence-electron chi connectivity index (χ0n) is 17.3. The van der Waals surface area contributed by atoms with Gasteiger partial charge in [0.15, 0.2) is 0 Å². The first-order valence-corrected chi connectivity index (χ1v) is 12.5. The first kappa shape index (κ1) is 22.8. The number of unbranched alkanes of at least 4 members (excludes halogenated alkanes) is 1. The highest BCUT2D eigenvalue weighted by Gasteiger charge is 2.15. The Morgan fingerprint density at radius 3 is 2.55 bits per heavy atom. The molecule has 2 N–H and O–H groups in total. The SMILES string of the molecule is CCCCOc1cccc(CNC(=O)Cc2ccc(NS(=O)(=O)c3cccs3)cc2)c1. The van der Waals surface area contributed by atoms with E-state index in [4.69, 9.17) is 4.74 Å². The van der Waals surface area contributed by atoms with Crippen LogP contribution in [0.3, 0.4) is 0 Å². The van der Waals surface area contributed by atoms with Crippen LogP contribution in [0.15, 0.2) is 70.3 Å². The van der Waals surface area contributed by atoms with Crippen molar-refractivity contribution in [3.8, 4) is 5.75 Å². The van der Waals surface area contributed by atoms with Gasteiger partial charge in [-0.2, -0.15) is 0 Å². The van der Waals surface area contributed by atoms with Crippen LogP contribution in [0.25, 0.3) is 0 Å². The smallest absolute Gasteiger partial charge is 0.271 e. The van der Waals surface area contributed by atoms with Crippen LogP contribution in [0.2, 0.25) is 0 Å². The van der Waals surface area contributed by atoms with Crippen LogP contribution in [0.4, 0.5) is 5.69 Å². The van der Waals surface area contributed by atoms with Crippen molar-refractivity contribution in [3.63, 3.8) is 0 Å². The van der Waals surface area contributed by atoms with Crippen LogP contribution < -0.4 is 14.8 Å². The second kappa shape index (κ2) is 11.0. The lowest BCUT2D eigenvalue weighted by Gasteiger charge is -2.10. The molecule has 6 nitrogen and oxygen atoms in total. The van der Waals surface area contributed by atoms with E-state index in [-0.39, 0.29) is 16.5 Å². The third-order valence-corrected chi connectivity index (χ3v) is 7.26. The van der Waals surface area contributed by atoms with Crippen molar-refractivity contribution >= 4 is 33.0 Å². The summed E-state index contributed by atoms with van der Waals surface area (Å²) in [6, 6.07) is 17.8. The Kier molecular flexibility index (Phi) is 8.08. The fourth-order valence-electron chi connectivity index (χ4n) is 2.84.